The monoisotopic (exact) mass is 420 g/mol. The molecule has 0 atom stereocenters. The zero-order valence-corrected chi connectivity index (χ0v) is 18.4. The molecule has 164 valence electrons. The fourth-order valence-electron chi connectivity index (χ4n) is 5.60. The number of hydrogen-bond acceptors (Lipinski definition) is 4. The third-order valence-corrected chi connectivity index (χ3v) is 7.16. The molecular formula is C25H32N4O2. The van der Waals surface area contributed by atoms with Gasteiger partial charge in [0.15, 0.2) is 0 Å². The molecule has 2 aliphatic rings. The molecule has 0 radical (unpaired) electrons. The number of carbonyl (C=O) groups excluding carboxylic acids is 1. The van der Waals surface area contributed by atoms with Gasteiger partial charge >= 0.3 is 0 Å². The summed E-state index contributed by atoms with van der Waals surface area (Å²) in [5, 5.41) is 3.95. The molecule has 6 heteroatoms. The Hall–Kier alpha value is -2.63. The fraction of sp³-hybridized carbons (Fsp3) is 0.560. The van der Waals surface area contributed by atoms with E-state index < -0.39 is 0 Å². The molecule has 1 aromatic carbocycles. The van der Waals surface area contributed by atoms with Gasteiger partial charge in [0.2, 0.25) is 5.91 Å². The van der Waals surface area contributed by atoms with Gasteiger partial charge in [-0.3, -0.25) is 4.79 Å². The molecule has 2 fully saturated rings. The largest absolute Gasteiger partial charge is 0.361 e. The van der Waals surface area contributed by atoms with Crippen LogP contribution < -0.4 is 0 Å². The van der Waals surface area contributed by atoms with Gasteiger partial charge in [0.25, 0.3) is 0 Å². The Morgan fingerprint density at radius 2 is 1.68 bits per heavy atom. The zero-order chi connectivity index (χ0) is 21.2. The van der Waals surface area contributed by atoms with Crippen molar-refractivity contribution in [3.63, 3.8) is 0 Å². The summed E-state index contributed by atoms with van der Waals surface area (Å²) in [7, 11) is 0. The molecule has 2 saturated carbocycles. The Bertz CT molecular complexity index is 1020. The summed E-state index contributed by atoms with van der Waals surface area (Å²) in [6.45, 7) is 2.21. The Morgan fingerprint density at radius 3 is 2.29 bits per heavy atom. The molecule has 6 nitrogen and oxygen atoms in total. The molecular weight excluding hydrogens is 388 g/mol. The molecule has 31 heavy (non-hydrogen) atoms. The molecule has 0 spiro atoms. The highest BCUT2D eigenvalue weighted by atomic mass is 16.5. The van der Waals surface area contributed by atoms with Crippen LogP contribution in [0.4, 0.5) is 0 Å². The van der Waals surface area contributed by atoms with Gasteiger partial charge in [0.05, 0.1) is 22.8 Å². The van der Waals surface area contributed by atoms with Crippen LogP contribution in [-0.4, -0.2) is 37.6 Å². The molecule has 5 rings (SSSR count). The summed E-state index contributed by atoms with van der Waals surface area (Å²) in [4.78, 5) is 21.0. The Morgan fingerprint density at radius 1 is 1.03 bits per heavy atom. The molecule has 0 bridgehead atoms. The Labute approximate surface area is 183 Å². The number of imidazole rings is 1. The first-order valence-electron chi connectivity index (χ1n) is 11.9. The van der Waals surface area contributed by atoms with Crippen molar-refractivity contribution in [2.45, 2.75) is 89.8 Å². The first-order valence-corrected chi connectivity index (χ1v) is 11.9. The number of benzene rings is 1. The lowest BCUT2D eigenvalue weighted by Gasteiger charge is -2.42. The molecule has 2 aliphatic carbocycles. The molecule has 1 amide bonds. The van der Waals surface area contributed by atoms with Crippen molar-refractivity contribution in [1.29, 1.82) is 0 Å². The van der Waals surface area contributed by atoms with E-state index in [-0.39, 0.29) is 5.91 Å². The number of rotatable bonds is 5. The summed E-state index contributed by atoms with van der Waals surface area (Å²) in [6.07, 6.45) is 13.8. The fourth-order valence-corrected chi connectivity index (χ4v) is 5.60. The van der Waals surface area contributed by atoms with E-state index in [4.69, 9.17) is 9.51 Å². The second-order valence-electron chi connectivity index (χ2n) is 9.19. The predicted octanol–water partition coefficient (Wildman–Crippen LogP) is 5.49. The lowest BCUT2D eigenvalue weighted by atomic mass is 9.88. The first-order chi connectivity index (χ1) is 15.2. The molecule has 0 saturated heterocycles. The number of amides is 1. The quantitative estimate of drug-likeness (QED) is 0.547. The number of nitrogens with zero attached hydrogens (tertiary/aromatic N) is 4. The highest BCUT2D eigenvalue weighted by Crippen LogP contribution is 2.32. The van der Waals surface area contributed by atoms with Crippen LogP contribution in [0.3, 0.4) is 0 Å². The van der Waals surface area contributed by atoms with Crippen molar-refractivity contribution < 1.29 is 9.32 Å². The van der Waals surface area contributed by atoms with E-state index in [1.165, 1.54) is 38.5 Å². The van der Waals surface area contributed by atoms with Crippen LogP contribution in [0.1, 0.15) is 70.0 Å². The van der Waals surface area contributed by atoms with E-state index in [9.17, 15) is 4.79 Å². The van der Waals surface area contributed by atoms with Gasteiger partial charge in [-0.2, -0.15) is 0 Å². The van der Waals surface area contributed by atoms with Crippen molar-refractivity contribution in [2.24, 2.45) is 0 Å². The van der Waals surface area contributed by atoms with Crippen molar-refractivity contribution in [1.82, 2.24) is 19.6 Å². The lowest BCUT2D eigenvalue weighted by molar-refractivity contribution is -0.138. The van der Waals surface area contributed by atoms with Crippen molar-refractivity contribution in [2.75, 3.05) is 0 Å². The van der Waals surface area contributed by atoms with E-state index in [0.717, 1.165) is 53.9 Å². The maximum absolute atomic E-state index is 13.9. The lowest BCUT2D eigenvalue weighted by Crippen LogP contribution is -2.50. The number of aromatic nitrogens is 3. The second kappa shape index (κ2) is 8.85. The van der Waals surface area contributed by atoms with Gasteiger partial charge in [-0.15, -0.1) is 0 Å². The number of fused-ring (bicyclic) bond motifs is 1. The zero-order valence-electron chi connectivity index (χ0n) is 18.4. The average Bonchev–Trinajstić information content (AvgIpc) is 3.39. The van der Waals surface area contributed by atoms with Gasteiger partial charge < -0.3 is 14.0 Å². The van der Waals surface area contributed by atoms with Crippen LogP contribution in [0, 0.1) is 6.92 Å². The summed E-state index contributed by atoms with van der Waals surface area (Å²) < 4.78 is 7.38. The van der Waals surface area contributed by atoms with Crippen molar-refractivity contribution in [3.8, 4) is 11.4 Å². The summed E-state index contributed by atoms with van der Waals surface area (Å²) >= 11 is 0. The minimum atomic E-state index is 0.234. The van der Waals surface area contributed by atoms with Crippen LogP contribution in [-0.2, 0) is 11.3 Å². The standard InChI is InChI=1S/C25H32N4O2/c1-18-21(16-26-31-18)25-27-22-14-8-9-15-23(22)28(25)17-24(30)29(19-10-4-2-5-11-19)20-12-6-3-7-13-20/h8-9,14-16,19-20H,2-7,10-13,17H2,1H3. The van der Waals surface area contributed by atoms with E-state index >= 15 is 0 Å². The summed E-state index contributed by atoms with van der Waals surface area (Å²) in [5.41, 5.74) is 2.73. The highest BCUT2D eigenvalue weighted by Gasteiger charge is 2.33. The van der Waals surface area contributed by atoms with Crippen LogP contribution in [0.2, 0.25) is 0 Å². The first kappa shape index (κ1) is 20.3. The maximum atomic E-state index is 13.9. The van der Waals surface area contributed by atoms with E-state index in [1.807, 2.05) is 31.2 Å². The Balaban J connectivity index is 1.51. The van der Waals surface area contributed by atoms with Crippen LogP contribution in [0.15, 0.2) is 35.0 Å². The van der Waals surface area contributed by atoms with Crippen LogP contribution in [0.25, 0.3) is 22.4 Å². The number of hydrogen-bond donors (Lipinski definition) is 0. The summed E-state index contributed by atoms with van der Waals surface area (Å²) in [6, 6.07) is 8.83. The van der Waals surface area contributed by atoms with E-state index in [0.29, 0.717) is 18.6 Å². The number of carbonyl (C=O) groups is 1. The second-order valence-corrected chi connectivity index (χ2v) is 9.19. The molecule has 0 N–H and O–H groups in total. The van der Waals surface area contributed by atoms with Gasteiger partial charge in [-0.05, 0) is 44.7 Å². The highest BCUT2D eigenvalue weighted by molar-refractivity contribution is 5.85. The van der Waals surface area contributed by atoms with Gasteiger partial charge in [0.1, 0.15) is 18.1 Å². The molecule has 2 heterocycles. The number of aryl methyl sites for hydroxylation is 1. The molecule has 0 unspecified atom stereocenters. The van der Waals surface area contributed by atoms with Gasteiger partial charge in [0, 0.05) is 12.1 Å². The van der Waals surface area contributed by atoms with Gasteiger partial charge in [-0.1, -0.05) is 55.8 Å². The normalized spacial score (nSPS) is 18.5. The van der Waals surface area contributed by atoms with Crippen LogP contribution >= 0.6 is 0 Å². The predicted molar refractivity (Wildman–Crippen MR) is 121 cm³/mol. The SMILES string of the molecule is Cc1oncc1-c1nc2ccccc2n1CC(=O)N(C1CCCCC1)C1CCCCC1. The third-order valence-electron chi connectivity index (χ3n) is 7.16. The topological polar surface area (TPSA) is 64.2 Å². The molecule has 3 aromatic rings. The third kappa shape index (κ3) is 4.00. The summed E-state index contributed by atoms with van der Waals surface area (Å²) in [5.74, 6) is 1.72. The van der Waals surface area contributed by atoms with E-state index in [2.05, 4.69) is 14.6 Å². The molecule has 0 aliphatic heterocycles. The van der Waals surface area contributed by atoms with Gasteiger partial charge in [-0.25, -0.2) is 4.98 Å². The average molecular weight is 421 g/mol. The van der Waals surface area contributed by atoms with Crippen molar-refractivity contribution in [3.05, 3.63) is 36.2 Å². The van der Waals surface area contributed by atoms with Crippen LogP contribution in [0.5, 0.6) is 0 Å². The minimum Gasteiger partial charge on any atom is -0.361 e. The molecule has 2 aromatic heterocycles. The van der Waals surface area contributed by atoms with E-state index in [1.54, 1.807) is 6.20 Å². The maximum Gasteiger partial charge on any atom is 0.243 e. The smallest absolute Gasteiger partial charge is 0.243 e. The van der Waals surface area contributed by atoms with Crippen molar-refractivity contribution >= 4 is 16.9 Å². The Kier molecular flexibility index (Phi) is 5.79. The number of para-hydroxylation sites is 2. The minimum absolute atomic E-state index is 0.234.